The summed E-state index contributed by atoms with van der Waals surface area (Å²) in [5, 5.41) is 5.02. The second kappa shape index (κ2) is 8.07. The summed E-state index contributed by atoms with van der Waals surface area (Å²) in [7, 11) is 0. The van der Waals surface area contributed by atoms with Crippen molar-refractivity contribution in [1.82, 2.24) is 4.98 Å². The lowest BCUT2D eigenvalue weighted by Gasteiger charge is -2.10. The number of halogens is 1. The van der Waals surface area contributed by atoms with Crippen LogP contribution in [0.4, 0.5) is 11.4 Å². The number of pyridine rings is 1. The fraction of sp³-hybridized carbons (Fsp3) is 0. The zero-order chi connectivity index (χ0) is 19.3. The number of allylic oxidation sites excluding steroid dienone is 1. The Morgan fingerprint density at radius 1 is 0.929 bits per heavy atom. The van der Waals surface area contributed by atoms with Gasteiger partial charge in [0.1, 0.15) is 0 Å². The maximum atomic E-state index is 12.4. The van der Waals surface area contributed by atoms with Crippen LogP contribution in [0.15, 0.2) is 91.1 Å². The topological polar surface area (TPSA) is 42.0 Å². The Kier molecular flexibility index (Phi) is 5.18. The summed E-state index contributed by atoms with van der Waals surface area (Å²) in [5.41, 5.74) is 4.30. The van der Waals surface area contributed by atoms with Crippen molar-refractivity contribution < 1.29 is 4.79 Å². The highest BCUT2D eigenvalue weighted by Gasteiger charge is 2.05. The van der Waals surface area contributed by atoms with Gasteiger partial charge in [0.15, 0.2) is 5.78 Å². The van der Waals surface area contributed by atoms with Gasteiger partial charge in [0.2, 0.25) is 0 Å². The molecule has 0 aliphatic rings. The van der Waals surface area contributed by atoms with Gasteiger partial charge >= 0.3 is 0 Å². The van der Waals surface area contributed by atoms with Gasteiger partial charge in [-0.25, -0.2) is 0 Å². The van der Waals surface area contributed by atoms with E-state index in [9.17, 15) is 4.79 Å². The highest BCUT2D eigenvalue weighted by Crippen LogP contribution is 2.27. The molecule has 0 spiro atoms. The number of carbonyl (C=O) groups excluding carboxylic acids is 1. The molecule has 3 nitrogen and oxygen atoms in total. The van der Waals surface area contributed by atoms with Crippen LogP contribution in [0.25, 0.3) is 17.0 Å². The van der Waals surface area contributed by atoms with Crippen LogP contribution in [0.2, 0.25) is 5.02 Å². The smallest absolute Gasteiger partial charge is 0.185 e. The van der Waals surface area contributed by atoms with E-state index < -0.39 is 0 Å². The first-order valence-corrected chi connectivity index (χ1v) is 9.26. The number of hydrogen-bond donors (Lipinski definition) is 1. The van der Waals surface area contributed by atoms with E-state index in [1.807, 2.05) is 84.9 Å². The summed E-state index contributed by atoms with van der Waals surface area (Å²) >= 11 is 6.05. The van der Waals surface area contributed by atoms with Crippen LogP contribution in [0.3, 0.4) is 0 Å². The maximum absolute atomic E-state index is 12.4. The fourth-order valence-electron chi connectivity index (χ4n) is 2.94. The van der Waals surface area contributed by atoms with Crippen LogP contribution in [-0.2, 0) is 0 Å². The number of anilines is 2. The molecule has 0 saturated heterocycles. The molecule has 4 rings (SSSR count). The van der Waals surface area contributed by atoms with Crippen LogP contribution in [0.5, 0.6) is 0 Å². The molecule has 0 amide bonds. The molecular formula is C24H17ClN2O. The van der Waals surface area contributed by atoms with Gasteiger partial charge in [0, 0.05) is 33.5 Å². The third-order valence-corrected chi connectivity index (χ3v) is 4.62. The average Bonchev–Trinajstić information content (AvgIpc) is 2.73. The van der Waals surface area contributed by atoms with Gasteiger partial charge in [-0.2, -0.15) is 0 Å². The number of benzene rings is 3. The van der Waals surface area contributed by atoms with Gasteiger partial charge in [-0.15, -0.1) is 0 Å². The number of hydrogen-bond acceptors (Lipinski definition) is 3. The lowest BCUT2D eigenvalue weighted by atomic mass is 10.1. The number of aromatic nitrogens is 1. The molecule has 4 heteroatoms. The SMILES string of the molecule is O=C(/C=C/c1ccccc1)c1ccc(Nc2ccnc3cc(Cl)ccc23)cc1. The summed E-state index contributed by atoms with van der Waals surface area (Å²) in [4.78, 5) is 16.7. The Bertz CT molecular complexity index is 1150. The molecule has 0 bridgehead atoms. The average molecular weight is 385 g/mol. The third kappa shape index (κ3) is 4.11. The zero-order valence-corrected chi connectivity index (χ0v) is 15.7. The van der Waals surface area contributed by atoms with Crippen molar-refractivity contribution >= 4 is 45.7 Å². The first-order chi connectivity index (χ1) is 13.7. The molecule has 0 saturated carbocycles. The van der Waals surface area contributed by atoms with Crippen LogP contribution in [0, 0.1) is 0 Å². The van der Waals surface area contributed by atoms with Gasteiger partial charge in [0.25, 0.3) is 0 Å². The van der Waals surface area contributed by atoms with E-state index in [1.54, 1.807) is 12.3 Å². The largest absolute Gasteiger partial charge is 0.355 e. The quantitative estimate of drug-likeness (QED) is 0.314. The van der Waals surface area contributed by atoms with E-state index in [4.69, 9.17) is 11.6 Å². The normalized spacial score (nSPS) is 11.0. The Morgan fingerprint density at radius 2 is 1.71 bits per heavy atom. The number of carbonyl (C=O) groups is 1. The summed E-state index contributed by atoms with van der Waals surface area (Å²) in [6.07, 6.45) is 5.16. The Balaban J connectivity index is 1.51. The summed E-state index contributed by atoms with van der Waals surface area (Å²) in [6.45, 7) is 0. The van der Waals surface area contributed by atoms with Gasteiger partial charge in [-0.3, -0.25) is 9.78 Å². The molecule has 28 heavy (non-hydrogen) atoms. The minimum absolute atomic E-state index is 0.0283. The second-order valence-corrected chi connectivity index (χ2v) is 6.77. The van der Waals surface area contributed by atoms with E-state index in [0.717, 1.165) is 27.8 Å². The molecule has 1 aromatic heterocycles. The first kappa shape index (κ1) is 18.0. The number of fused-ring (bicyclic) bond motifs is 1. The number of nitrogens with one attached hydrogen (secondary N) is 1. The molecule has 0 atom stereocenters. The van der Waals surface area contributed by atoms with Crippen molar-refractivity contribution in [2.45, 2.75) is 0 Å². The summed E-state index contributed by atoms with van der Waals surface area (Å²) < 4.78 is 0. The lowest BCUT2D eigenvalue weighted by molar-refractivity contribution is 0.104. The van der Waals surface area contributed by atoms with Crippen molar-refractivity contribution in [3.8, 4) is 0 Å². The number of rotatable bonds is 5. The van der Waals surface area contributed by atoms with Gasteiger partial charge < -0.3 is 5.32 Å². The van der Waals surface area contributed by atoms with E-state index in [2.05, 4.69) is 10.3 Å². The minimum atomic E-state index is -0.0283. The minimum Gasteiger partial charge on any atom is -0.355 e. The predicted octanol–water partition coefficient (Wildman–Crippen LogP) is 6.53. The van der Waals surface area contributed by atoms with E-state index in [1.165, 1.54) is 0 Å². The number of nitrogens with zero attached hydrogens (tertiary/aromatic N) is 1. The molecule has 0 aliphatic heterocycles. The van der Waals surface area contributed by atoms with Crippen LogP contribution >= 0.6 is 11.6 Å². The fourth-order valence-corrected chi connectivity index (χ4v) is 3.10. The van der Waals surface area contributed by atoms with Crippen molar-refractivity contribution in [3.63, 3.8) is 0 Å². The Labute approximate surface area is 168 Å². The second-order valence-electron chi connectivity index (χ2n) is 6.33. The molecule has 0 aliphatic carbocycles. The molecule has 136 valence electrons. The van der Waals surface area contributed by atoms with Gasteiger partial charge in [0.05, 0.1) is 5.52 Å². The molecule has 1 N–H and O–H groups in total. The van der Waals surface area contributed by atoms with E-state index >= 15 is 0 Å². The molecule has 3 aromatic carbocycles. The zero-order valence-electron chi connectivity index (χ0n) is 15.0. The summed E-state index contributed by atoms with van der Waals surface area (Å²) in [5.74, 6) is -0.0283. The molecule has 4 aromatic rings. The predicted molar refractivity (Wildman–Crippen MR) is 116 cm³/mol. The number of ketones is 1. The Hall–Kier alpha value is -3.43. The molecule has 0 radical (unpaired) electrons. The monoisotopic (exact) mass is 384 g/mol. The molecule has 0 unspecified atom stereocenters. The van der Waals surface area contributed by atoms with Crippen molar-refractivity contribution in [2.24, 2.45) is 0 Å². The first-order valence-electron chi connectivity index (χ1n) is 8.88. The Morgan fingerprint density at radius 3 is 2.50 bits per heavy atom. The lowest BCUT2D eigenvalue weighted by Crippen LogP contribution is -1.96. The van der Waals surface area contributed by atoms with Crippen molar-refractivity contribution in [2.75, 3.05) is 5.32 Å². The molecule has 1 heterocycles. The van der Waals surface area contributed by atoms with Crippen LogP contribution in [0.1, 0.15) is 15.9 Å². The van der Waals surface area contributed by atoms with Crippen molar-refractivity contribution in [1.29, 1.82) is 0 Å². The van der Waals surface area contributed by atoms with Gasteiger partial charge in [-0.05, 0) is 60.2 Å². The standard InChI is InChI=1S/C24H17ClN2O/c25-19-9-12-21-22(14-15-26-23(21)16-19)27-20-10-7-18(8-11-20)24(28)13-6-17-4-2-1-3-5-17/h1-16H,(H,26,27)/b13-6+. The maximum Gasteiger partial charge on any atom is 0.185 e. The van der Waals surface area contributed by atoms with Gasteiger partial charge in [-0.1, -0.05) is 48.0 Å². The third-order valence-electron chi connectivity index (χ3n) is 4.38. The van der Waals surface area contributed by atoms with Crippen LogP contribution in [-0.4, -0.2) is 10.8 Å². The molecule has 0 fully saturated rings. The molecular weight excluding hydrogens is 368 g/mol. The van der Waals surface area contributed by atoms with E-state index in [0.29, 0.717) is 10.6 Å². The van der Waals surface area contributed by atoms with Crippen molar-refractivity contribution in [3.05, 3.63) is 107 Å². The van der Waals surface area contributed by atoms with Crippen LogP contribution < -0.4 is 5.32 Å². The highest BCUT2D eigenvalue weighted by molar-refractivity contribution is 6.31. The highest BCUT2D eigenvalue weighted by atomic mass is 35.5. The van der Waals surface area contributed by atoms with E-state index in [-0.39, 0.29) is 5.78 Å². The summed E-state index contributed by atoms with van der Waals surface area (Å²) in [6, 6.07) is 24.7.